The number of carbonyl (C=O) groups is 1. The third-order valence-electron chi connectivity index (χ3n) is 10.3. The number of ether oxygens (including phenoxy) is 7. The first-order valence-electron chi connectivity index (χ1n) is 19.8. The van der Waals surface area contributed by atoms with E-state index in [0.717, 1.165) is 30.3 Å². The van der Waals surface area contributed by atoms with Gasteiger partial charge in [0.25, 0.3) is 0 Å². The molecule has 0 bridgehead atoms. The highest BCUT2D eigenvalue weighted by Gasteiger charge is 2.50. The Balaban J connectivity index is 1.27. The number of rotatable bonds is 17. The zero-order valence-electron chi connectivity index (χ0n) is 34.1. The van der Waals surface area contributed by atoms with Gasteiger partial charge in [-0.1, -0.05) is 12.1 Å². The second-order valence-electron chi connectivity index (χ2n) is 15.0. The Morgan fingerprint density at radius 2 is 1.51 bits per heavy atom. The van der Waals surface area contributed by atoms with Crippen LogP contribution in [0.25, 0.3) is 28.4 Å². The number of phenolic OH excluding ortho intramolecular Hbond substituents is 5. The van der Waals surface area contributed by atoms with Gasteiger partial charge in [0.15, 0.2) is 35.9 Å². The second-order valence-corrected chi connectivity index (χ2v) is 15.0. The summed E-state index contributed by atoms with van der Waals surface area (Å²) in [5.41, 5.74) is -1.14. The fourth-order valence-corrected chi connectivity index (χ4v) is 6.74. The summed E-state index contributed by atoms with van der Waals surface area (Å²) in [5.74, 6) is -4.87. The quantitative estimate of drug-likeness (QED) is 0.0244. The molecule has 3 heterocycles. The fraction of sp³-hybridized carbons (Fsp3) is 0.429. The summed E-state index contributed by atoms with van der Waals surface area (Å²) in [6, 6.07) is 10.7. The van der Waals surface area contributed by atoms with Crippen molar-refractivity contribution < 1.29 is 109 Å². The van der Waals surface area contributed by atoms with E-state index in [1.807, 2.05) is 0 Å². The lowest BCUT2D eigenvalue weighted by Crippen LogP contribution is -2.64. The standard InChI is InChI=1S/C42H48O23/c1-17-31(52)38(64-42-35(56)34(55)32(53)28(14-44)63-42)36(57)41(60-17)59-15-22(13-43)61-40(26(50)16-58-29(51)9-4-18-2-6-20(45)7-3-18)65-39-33(54)30-25(49)11-21(46)12-27(30)62-37(39)19-5-8-23(47)24(48)10-19/h2-12,17,22,26,28,31-32,34-36,38,40-50,52-53,55-57H,13-16H2,1H3/b9-4+. The number of carbonyl (C=O) groups excluding carboxylic acids is 1. The van der Waals surface area contributed by atoms with Crippen LogP contribution in [0.4, 0.5) is 0 Å². The highest BCUT2D eigenvalue weighted by molar-refractivity contribution is 5.88. The van der Waals surface area contributed by atoms with Crippen molar-refractivity contribution in [3.63, 3.8) is 0 Å². The highest BCUT2D eigenvalue weighted by atomic mass is 16.7. The summed E-state index contributed by atoms with van der Waals surface area (Å²) in [7, 11) is 0. The summed E-state index contributed by atoms with van der Waals surface area (Å²) >= 11 is 0. The van der Waals surface area contributed by atoms with E-state index in [9.17, 15) is 76.0 Å². The Morgan fingerprint density at radius 1 is 0.785 bits per heavy atom. The van der Waals surface area contributed by atoms with Gasteiger partial charge in [0.2, 0.25) is 17.5 Å². The first kappa shape index (κ1) is 48.8. The Hall–Kier alpha value is -5.64. The molecule has 354 valence electrons. The van der Waals surface area contributed by atoms with E-state index < -0.39 is 158 Å². The van der Waals surface area contributed by atoms with Crippen molar-refractivity contribution in [2.24, 2.45) is 0 Å². The summed E-state index contributed by atoms with van der Waals surface area (Å²) in [6.07, 6.45) is -20.1. The average molecular weight is 921 g/mol. The molecule has 4 aromatic rings. The van der Waals surface area contributed by atoms with Gasteiger partial charge in [-0.15, -0.1) is 0 Å². The monoisotopic (exact) mass is 920 g/mol. The SMILES string of the molecule is CC1OC(OCC(CO)OC(Oc2c(-c3ccc(O)c(O)c3)oc3cc(O)cc(O)c3c2=O)C(O)COC(=O)/C=C/c2ccc(O)cc2)C(O)C(OC2OC(CO)C(O)C(O)C2O)C1O. The van der Waals surface area contributed by atoms with E-state index in [1.54, 1.807) is 0 Å². The molecule has 2 saturated heterocycles. The molecular formula is C42H48O23. The summed E-state index contributed by atoms with van der Waals surface area (Å²) in [6.45, 7) is -2.03. The minimum Gasteiger partial charge on any atom is -0.508 e. The molecule has 65 heavy (non-hydrogen) atoms. The number of benzene rings is 3. The molecule has 0 amide bonds. The minimum atomic E-state index is -2.13. The molecule has 2 fully saturated rings. The van der Waals surface area contributed by atoms with E-state index in [1.165, 1.54) is 43.3 Å². The van der Waals surface area contributed by atoms with E-state index >= 15 is 0 Å². The van der Waals surface area contributed by atoms with Crippen LogP contribution in [-0.2, 0) is 33.2 Å². The first-order chi connectivity index (χ1) is 30.9. The van der Waals surface area contributed by atoms with Crippen molar-refractivity contribution in [2.45, 2.75) is 86.8 Å². The fourth-order valence-electron chi connectivity index (χ4n) is 6.74. The Morgan fingerprint density at radius 3 is 2.18 bits per heavy atom. The van der Waals surface area contributed by atoms with Gasteiger partial charge >= 0.3 is 5.97 Å². The lowest BCUT2D eigenvalue weighted by molar-refractivity contribution is -0.359. The molecule has 1 aromatic heterocycles. The van der Waals surface area contributed by atoms with Crippen molar-refractivity contribution in [2.75, 3.05) is 26.4 Å². The lowest BCUT2D eigenvalue weighted by atomic mass is 9.97. The van der Waals surface area contributed by atoms with Gasteiger partial charge in [-0.2, -0.15) is 0 Å². The summed E-state index contributed by atoms with van der Waals surface area (Å²) in [4.78, 5) is 26.8. The van der Waals surface area contributed by atoms with Gasteiger partial charge in [0, 0.05) is 23.8 Å². The third-order valence-corrected chi connectivity index (χ3v) is 10.3. The van der Waals surface area contributed by atoms with Crippen molar-refractivity contribution >= 4 is 23.0 Å². The van der Waals surface area contributed by atoms with E-state index in [0.29, 0.717) is 5.56 Å². The molecule has 0 saturated carbocycles. The van der Waals surface area contributed by atoms with Crippen molar-refractivity contribution in [3.05, 3.63) is 76.5 Å². The molecule has 13 unspecified atom stereocenters. The number of aliphatic hydroxyl groups is 8. The highest BCUT2D eigenvalue weighted by Crippen LogP contribution is 2.39. The summed E-state index contributed by atoms with van der Waals surface area (Å²) in [5, 5.41) is 134. The number of phenols is 5. The van der Waals surface area contributed by atoms with E-state index in [-0.39, 0.29) is 16.9 Å². The number of esters is 1. The maximum Gasteiger partial charge on any atom is 0.330 e. The minimum absolute atomic E-state index is 0.0227. The van der Waals surface area contributed by atoms with E-state index in [4.69, 9.17) is 37.6 Å². The van der Waals surface area contributed by atoms with E-state index in [2.05, 4.69) is 0 Å². The molecule has 23 heteroatoms. The number of aliphatic hydroxyl groups excluding tert-OH is 8. The van der Waals surface area contributed by atoms with Crippen LogP contribution < -0.4 is 10.2 Å². The van der Waals surface area contributed by atoms with Crippen molar-refractivity contribution in [1.29, 1.82) is 0 Å². The van der Waals surface area contributed by atoms with Gasteiger partial charge in [-0.3, -0.25) is 4.79 Å². The predicted molar refractivity (Wildman–Crippen MR) is 216 cm³/mol. The zero-order chi connectivity index (χ0) is 47.3. The molecule has 23 nitrogen and oxygen atoms in total. The smallest absolute Gasteiger partial charge is 0.330 e. The van der Waals surface area contributed by atoms with Crippen LogP contribution in [-0.4, -0.2) is 179 Å². The van der Waals surface area contributed by atoms with Gasteiger partial charge in [-0.05, 0) is 48.9 Å². The van der Waals surface area contributed by atoms with Gasteiger partial charge in [0.05, 0.1) is 25.9 Å². The average Bonchev–Trinajstić information content (AvgIpc) is 3.27. The van der Waals surface area contributed by atoms with Crippen LogP contribution in [0.2, 0.25) is 0 Å². The third kappa shape index (κ3) is 11.3. The van der Waals surface area contributed by atoms with Crippen LogP contribution in [0.5, 0.6) is 34.5 Å². The second kappa shape index (κ2) is 21.1. The molecule has 3 aromatic carbocycles. The predicted octanol–water partition coefficient (Wildman–Crippen LogP) is -1.64. The van der Waals surface area contributed by atoms with Crippen LogP contribution in [0.3, 0.4) is 0 Å². The normalized spacial score (nSPS) is 27.3. The molecule has 2 aliphatic rings. The van der Waals surface area contributed by atoms with Crippen LogP contribution in [0, 0.1) is 0 Å². The van der Waals surface area contributed by atoms with Crippen molar-refractivity contribution in [3.8, 4) is 45.8 Å². The summed E-state index contributed by atoms with van der Waals surface area (Å²) < 4.78 is 45.1. The number of fused-ring (bicyclic) bond motifs is 1. The van der Waals surface area contributed by atoms with Crippen LogP contribution in [0.1, 0.15) is 12.5 Å². The molecule has 6 rings (SSSR count). The van der Waals surface area contributed by atoms with Gasteiger partial charge < -0.3 is 104 Å². The Labute approximate surface area is 366 Å². The van der Waals surface area contributed by atoms with Crippen LogP contribution in [0.15, 0.2) is 69.9 Å². The molecule has 2 aliphatic heterocycles. The van der Waals surface area contributed by atoms with Crippen LogP contribution >= 0.6 is 0 Å². The maximum atomic E-state index is 14.1. The number of aromatic hydroxyl groups is 5. The molecule has 0 aliphatic carbocycles. The number of hydrogen-bond acceptors (Lipinski definition) is 23. The zero-order valence-corrected chi connectivity index (χ0v) is 34.1. The lowest BCUT2D eigenvalue weighted by Gasteiger charge is -2.45. The maximum absolute atomic E-state index is 14.1. The van der Waals surface area contributed by atoms with Gasteiger partial charge in [0.1, 0.15) is 83.7 Å². The van der Waals surface area contributed by atoms with Gasteiger partial charge in [-0.25, -0.2) is 4.79 Å². The van der Waals surface area contributed by atoms with Crippen molar-refractivity contribution in [1.82, 2.24) is 0 Å². The molecule has 13 atom stereocenters. The molecule has 13 N–H and O–H groups in total. The Bertz CT molecular complexity index is 2330. The first-order valence-corrected chi connectivity index (χ1v) is 19.8. The largest absolute Gasteiger partial charge is 0.508 e. The molecule has 0 spiro atoms. The number of hydrogen-bond donors (Lipinski definition) is 13. The topological polar surface area (TPSA) is 375 Å². The molecule has 0 radical (unpaired) electrons. The Kier molecular flexibility index (Phi) is 15.9. The molecular weight excluding hydrogens is 872 g/mol.